The van der Waals surface area contributed by atoms with E-state index in [1.54, 1.807) is 12.7 Å². The van der Waals surface area contributed by atoms with E-state index in [1.807, 2.05) is 0 Å². The fourth-order valence-corrected chi connectivity index (χ4v) is 3.81. The molecule has 2 saturated heterocycles. The highest BCUT2D eigenvalue weighted by Gasteiger charge is 2.21. The predicted octanol–water partition coefficient (Wildman–Crippen LogP) is 0.961. The molecule has 4 rings (SSSR count). The van der Waals surface area contributed by atoms with Gasteiger partial charge in [-0.15, -0.1) is 0 Å². The zero-order valence-corrected chi connectivity index (χ0v) is 17.1. The normalized spacial score (nSPS) is 17.2. The lowest BCUT2D eigenvalue weighted by Crippen LogP contribution is -2.32. The first-order valence-electron chi connectivity index (χ1n) is 10.7. The van der Waals surface area contributed by atoms with Crippen LogP contribution in [0.1, 0.15) is 38.5 Å². The molecule has 0 radical (unpaired) electrons. The number of nitrogens with zero attached hydrogens (tertiary/aromatic N) is 6. The lowest BCUT2D eigenvalue weighted by Gasteiger charge is -2.30. The second-order valence-electron chi connectivity index (χ2n) is 7.38. The third kappa shape index (κ3) is 5.94. The second-order valence-corrected chi connectivity index (χ2v) is 7.38. The number of piperidine rings is 2. The van der Waals surface area contributed by atoms with Crippen LogP contribution in [0.5, 0.6) is 0 Å². The molecular weight excluding hydrogens is 370 g/mol. The van der Waals surface area contributed by atoms with Crippen LogP contribution in [0.2, 0.25) is 0 Å². The minimum absolute atomic E-state index is 0.139. The number of fused-ring (bicyclic) bond motifs is 1. The molecule has 4 heterocycles. The van der Waals surface area contributed by atoms with Crippen molar-refractivity contribution in [2.75, 3.05) is 62.3 Å². The summed E-state index contributed by atoms with van der Waals surface area (Å²) < 4.78 is 0. The summed E-state index contributed by atoms with van der Waals surface area (Å²) in [6.45, 7) is 5.68. The van der Waals surface area contributed by atoms with Gasteiger partial charge in [-0.3, -0.25) is 0 Å². The van der Waals surface area contributed by atoms with Gasteiger partial charge in [-0.1, -0.05) is 0 Å². The van der Waals surface area contributed by atoms with E-state index in [0.29, 0.717) is 13.1 Å². The van der Waals surface area contributed by atoms with Gasteiger partial charge in [0, 0.05) is 39.3 Å². The monoisotopic (exact) mass is 403 g/mol. The average Bonchev–Trinajstić information content (AvgIpc) is 2.80. The third-order valence-corrected chi connectivity index (χ3v) is 5.27. The molecule has 2 aromatic rings. The Labute approximate surface area is 172 Å². The molecule has 0 amide bonds. The van der Waals surface area contributed by atoms with E-state index in [1.165, 1.54) is 38.5 Å². The number of hydrogen-bond donors (Lipinski definition) is 3. The van der Waals surface area contributed by atoms with Crippen LogP contribution < -0.4 is 15.1 Å². The largest absolute Gasteiger partial charge is 0.395 e. The molecule has 160 valence electrons. The summed E-state index contributed by atoms with van der Waals surface area (Å²) in [7, 11) is 0. The number of hydrogen-bond acceptors (Lipinski definition) is 9. The lowest BCUT2D eigenvalue weighted by atomic mass is 10.1. The van der Waals surface area contributed by atoms with E-state index in [0.717, 1.165) is 48.8 Å². The highest BCUT2D eigenvalue weighted by molar-refractivity contribution is 5.92. The van der Waals surface area contributed by atoms with Crippen LogP contribution in [-0.4, -0.2) is 82.6 Å². The SMILES string of the molecule is OCCNCCO.c1nc(N2CCCCC2)c2ncnc(N3CCCCC3)c2n1. The molecular formula is C20H33N7O2. The van der Waals surface area contributed by atoms with Crippen molar-refractivity contribution in [3.05, 3.63) is 12.7 Å². The Balaban J connectivity index is 0.000000298. The number of aliphatic hydroxyl groups excluding tert-OH is 2. The van der Waals surface area contributed by atoms with E-state index >= 15 is 0 Å². The van der Waals surface area contributed by atoms with Crippen LogP contribution in [0, 0.1) is 0 Å². The summed E-state index contributed by atoms with van der Waals surface area (Å²) in [6, 6.07) is 0. The standard InChI is InChI=1S/C16H22N6.C4H11NO2/c1-3-7-21(8-4-1)15-13-14(18-11-19-15)16(20-12-17-13)22-9-5-2-6-10-22;6-3-1-5-2-4-7/h11-12H,1-10H2;5-7H,1-4H2. The Hall–Kier alpha value is -2.10. The van der Waals surface area contributed by atoms with Gasteiger partial charge in [0.15, 0.2) is 11.6 Å². The molecule has 0 spiro atoms. The fourth-order valence-electron chi connectivity index (χ4n) is 3.81. The average molecular weight is 404 g/mol. The number of anilines is 2. The van der Waals surface area contributed by atoms with Gasteiger partial charge in [-0.2, -0.15) is 0 Å². The summed E-state index contributed by atoms with van der Waals surface area (Å²) >= 11 is 0. The van der Waals surface area contributed by atoms with Crippen molar-refractivity contribution in [2.45, 2.75) is 38.5 Å². The molecule has 2 fully saturated rings. The number of aromatic nitrogens is 4. The van der Waals surface area contributed by atoms with E-state index in [-0.39, 0.29) is 13.2 Å². The summed E-state index contributed by atoms with van der Waals surface area (Å²) in [5.41, 5.74) is 1.81. The third-order valence-electron chi connectivity index (χ3n) is 5.27. The first kappa shape index (κ1) is 21.6. The summed E-state index contributed by atoms with van der Waals surface area (Å²) in [4.78, 5) is 22.8. The zero-order chi connectivity index (χ0) is 20.3. The summed E-state index contributed by atoms with van der Waals surface area (Å²) in [5.74, 6) is 1.95. The van der Waals surface area contributed by atoms with Crippen molar-refractivity contribution in [3.8, 4) is 0 Å². The number of aliphatic hydroxyl groups is 2. The Morgan fingerprint density at radius 3 is 1.45 bits per heavy atom. The van der Waals surface area contributed by atoms with Crippen molar-refractivity contribution >= 4 is 22.7 Å². The molecule has 0 unspecified atom stereocenters. The summed E-state index contributed by atoms with van der Waals surface area (Å²) in [5, 5.41) is 19.1. The maximum Gasteiger partial charge on any atom is 0.158 e. The smallest absolute Gasteiger partial charge is 0.158 e. The molecule has 2 aromatic heterocycles. The minimum Gasteiger partial charge on any atom is -0.395 e. The van der Waals surface area contributed by atoms with Gasteiger partial charge in [0.2, 0.25) is 0 Å². The van der Waals surface area contributed by atoms with Gasteiger partial charge in [0.05, 0.1) is 13.2 Å². The van der Waals surface area contributed by atoms with Gasteiger partial charge in [0.25, 0.3) is 0 Å². The van der Waals surface area contributed by atoms with E-state index in [4.69, 9.17) is 10.2 Å². The predicted molar refractivity (Wildman–Crippen MR) is 114 cm³/mol. The van der Waals surface area contributed by atoms with Gasteiger partial charge < -0.3 is 25.3 Å². The highest BCUT2D eigenvalue weighted by Crippen LogP contribution is 2.29. The molecule has 2 aliphatic rings. The van der Waals surface area contributed by atoms with Gasteiger partial charge in [0.1, 0.15) is 23.7 Å². The molecule has 29 heavy (non-hydrogen) atoms. The van der Waals surface area contributed by atoms with Crippen molar-refractivity contribution in [2.24, 2.45) is 0 Å². The molecule has 2 aliphatic heterocycles. The van der Waals surface area contributed by atoms with E-state index < -0.39 is 0 Å². The summed E-state index contributed by atoms with van der Waals surface area (Å²) in [6.07, 6.45) is 10.9. The molecule has 0 saturated carbocycles. The Morgan fingerprint density at radius 2 is 1.07 bits per heavy atom. The van der Waals surface area contributed by atoms with Gasteiger partial charge in [-0.05, 0) is 38.5 Å². The Morgan fingerprint density at radius 1 is 0.655 bits per heavy atom. The number of nitrogens with one attached hydrogen (secondary N) is 1. The Kier molecular flexibility index (Phi) is 8.79. The fraction of sp³-hybridized carbons (Fsp3) is 0.700. The van der Waals surface area contributed by atoms with Gasteiger partial charge in [-0.25, -0.2) is 19.9 Å². The molecule has 3 N–H and O–H groups in total. The van der Waals surface area contributed by atoms with Crippen LogP contribution in [0.15, 0.2) is 12.7 Å². The van der Waals surface area contributed by atoms with E-state index in [9.17, 15) is 0 Å². The van der Waals surface area contributed by atoms with Crippen molar-refractivity contribution < 1.29 is 10.2 Å². The quantitative estimate of drug-likeness (QED) is 0.607. The molecule has 0 bridgehead atoms. The zero-order valence-electron chi connectivity index (χ0n) is 17.1. The second kappa shape index (κ2) is 11.8. The molecule has 0 atom stereocenters. The molecule has 0 aromatic carbocycles. The Bertz CT molecular complexity index is 673. The maximum absolute atomic E-state index is 8.15. The lowest BCUT2D eigenvalue weighted by molar-refractivity contribution is 0.266. The van der Waals surface area contributed by atoms with Crippen LogP contribution in [-0.2, 0) is 0 Å². The van der Waals surface area contributed by atoms with Crippen molar-refractivity contribution in [1.29, 1.82) is 0 Å². The molecule has 0 aliphatic carbocycles. The van der Waals surface area contributed by atoms with Crippen molar-refractivity contribution in [3.63, 3.8) is 0 Å². The minimum atomic E-state index is 0.139. The first-order valence-corrected chi connectivity index (χ1v) is 10.7. The van der Waals surface area contributed by atoms with Crippen molar-refractivity contribution in [1.82, 2.24) is 25.3 Å². The number of rotatable bonds is 6. The first-order chi connectivity index (χ1) is 14.3. The van der Waals surface area contributed by atoms with Crippen LogP contribution in [0.3, 0.4) is 0 Å². The molecule has 9 nitrogen and oxygen atoms in total. The maximum atomic E-state index is 8.15. The van der Waals surface area contributed by atoms with Gasteiger partial charge >= 0.3 is 0 Å². The van der Waals surface area contributed by atoms with Crippen LogP contribution in [0.25, 0.3) is 11.0 Å². The van der Waals surface area contributed by atoms with Crippen LogP contribution >= 0.6 is 0 Å². The van der Waals surface area contributed by atoms with E-state index in [2.05, 4.69) is 35.1 Å². The molecule has 9 heteroatoms. The highest BCUT2D eigenvalue weighted by atomic mass is 16.3. The topological polar surface area (TPSA) is 111 Å². The van der Waals surface area contributed by atoms with Crippen LogP contribution in [0.4, 0.5) is 11.6 Å².